The molecule has 3 fully saturated rings. The summed E-state index contributed by atoms with van der Waals surface area (Å²) in [5.74, 6) is 0.278. The van der Waals surface area contributed by atoms with E-state index in [-0.39, 0.29) is 24.0 Å². The normalized spacial score (nSPS) is 27.4. The summed E-state index contributed by atoms with van der Waals surface area (Å²) in [4.78, 5) is 32.9. The molecule has 0 bridgehead atoms. The van der Waals surface area contributed by atoms with Gasteiger partial charge in [0.2, 0.25) is 11.8 Å². The number of aromatic nitrogens is 1. The number of thiazole rings is 1. The standard InChI is InChI=1S/C17H23N3O3S/c21-15-6-3-7-20(15)17-18-12(11-24-17)10-16(22)19-8-9-23-14-5-2-1-4-13(14)19/h11,13-14H,1-10H2/t13-,14+/m1/s1. The first kappa shape index (κ1) is 16.0. The highest BCUT2D eigenvalue weighted by Crippen LogP contribution is 2.30. The summed E-state index contributed by atoms with van der Waals surface area (Å²) < 4.78 is 5.84. The van der Waals surface area contributed by atoms with Gasteiger partial charge < -0.3 is 9.64 Å². The molecule has 3 heterocycles. The van der Waals surface area contributed by atoms with Crippen molar-refractivity contribution in [2.75, 3.05) is 24.6 Å². The Morgan fingerprint density at radius 2 is 2.17 bits per heavy atom. The van der Waals surface area contributed by atoms with Gasteiger partial charge in [0.25, 0.3) is 0 Å². The molecule has 1 aliphatic carbocycles. The van der Waals surface area contributed by atoms with E-state index < -0.39 is 0 Å². The molecule has 2 amide bonds. The van der Waals surface area contributed by atoms with E-state index >= 15 is 0 Å². The van der Waals surface area contributed by atoms with Gasteiger partial charge in [0, 0.05) is 24.9 Å². The predicted octanol–water partition coefficient (Wildman–Crippen LogP) is 1.98. The van der Waals surface area contributed by atoms with Crippen LogP contribution in [-0.2, 0) is 20.7 Å². The number of fused-ring (bicyclic) bond motifs is 1. The maximum Gasteiger partial charge on any atom is 0.229 e. The SMILES string of the molecule is O=C1CCCN1c1nc(CC(=O)N2CCO[C@H]3CCCC[C@H]32)cs1. The Labute approximate surface area is 145 Å². The number of amides is 2. The van der Waals surface area contributed by atoms with Crippen molar-refractivity contribution in [3.63, 3.8) is 0 Å². The number of carbonyl (C=O) groups excluding carboxylic acids is 2. The van der Waals surface area contributed by atoms with Crippen LogP contribution < -0.4 is 4.90 Å². The average molecular weight is 349 g/mol. The first-order valence-corrected chi connectivity index (χ1v) is 9.76. The molecule has 3 aliphatic rings. The summed E-state index contributed by atoms with van der Waals surface area (Å²) in [6.07, 6.45) is 6.50. The largest absolute Gasteiger partial charge is 0.374 e. The van der Waals surface area contributed by atoms with Crippen LogP contribution in [0, 0.1) is 0 Å². The molecule has 2 aliphatic heterocycles. The second-order valence-corrected chi connectivity index (χ2v) is 7.63. The molecule has 6 nitrogen and oxygen atoms in total. The molecule has 0 unspecified atom stereocenters. The third kappa shape index (κ3) is 3.07. The van der Waals surface area contributed by atoms with E-state index in [9.17, 15) is 9.59 Å². The Bertz CT molecular complexity index is 630. The van der Waals surface area contributed by atoms with Crippen LogP contribution in [0.15, 0.2) is 5.38 Å². The fourth-order valence-corrected chi connectivity index (χ4v) is 4.88. The summed E-state index contributed by atoms with van der Waals surface area (Å²) in [5.41, 5.74) is 0.776. The number of carbonyl (C=O) groups is 2. The maximum absolute atomic E-state index is 12.8. The first-order chi connectivity index (χ1) is 11.7. The quantitative estimate of drug-likeness (QED) is 0.837. The minimum atomic E-state index is 0.139. The van der Waals surface area contributed by atoms with Crippen LogP contribution >= 0.6 is 11.3 Å². The zero-order valence-corrected chi connectivity index (χ0v) is 14.6. The molecule has 2 atom stereocenters. The van der Waals surface area contributed by atoms with Crippen molar-refractivity contribution in [1.29, 1.82) is 0 Å². The third-order valence-corrected chi connectivity index (χ3v) is 6.14. The van der Waals surface area contributed by atoms with Crippen LogP contribution in [0.1, 0.15) is 44.2 Å². The van der Waals surface area contributed by atoms with E-state index in [4.69, 9.17) is 4.74 Å². The number of anilines is 1. The van der Waals surface area contributed by atoms with Gasteiger partial charge in [-0.3, -0.25) is 14.5 Å². The van der Waals surface area contributed by atoms with E-state index in [2.05, 4.69) is 4.98 Å². The van der Waals surface area contributed by atoms with Crippen LogP contribution in [0.4, 0.5) is 5.13 Å². The van der Waals surface area contributed by atoms with E-state index in [1.807, 2.05) is 10.3 Å². The molecule has 1 aromatic heterocycles. The van der Waals surface area contributed by atoms with Crippen LogP contribution in [0.5, 0.6) is 0 Å². The molecule has 24 heavy (non-hydrogen) atoms. The average Bonchev–Trinajstić information content (AvgIpc) is 3.23. The van der Waals surface area contributed by atoms with E-state index in [1.165, 1.54) is 24.2 Å². The van der Waals surface area contributed by atoms with Crippen molar-refractivity contribution < 1.29 is 14.3 Å². The lowest BCUT2D eigenvalue weighted by atomic mass is 9.90. The summed E-state index contributed by atoms with van der Waals surface area (Å²) in [6.45, 7) is 2.06. The van der Waals surface area contributed by atoms with Crippen molar-refractivity contribution >= 4 is 28.3 Å². The number of ether oxygens (including phenoxy) is 1. The molecular weight excluding hydrogens is 326 g/mol. The van der Waals surface area contributed by atoms with Gasteiger partial charge in [0.05, 0.1) is 30.9 Å². The smallest absolute Gasteiger partial charge is 0.229 e. The lowest BCUT2D eigenvalue weighted by Crippen LogP contribution is -2.55. The summed E-state index contributed by atoms with van der Waals surface area (Å²) >= 11 is 1.46. The Hall–Kier alpha value is -1.47. The molecular formula is C17H23N3O3S. The fraction of sp³-hybridized carbons (Fsp3) is 0.706. The lowest BCUT2D eigenvalue weighted by Gasteiger charge is -2.43. The van der Waals surface area contributed by atoms with Crippen molar-refractivity contribution in [2.45, 2.75) is 57.1 Å². The fourth-order valence-electron chi connectivity index (χ4n) is 4.01. The Morgan fingerprint density at radius 1 is 1.29 bits per heavy atom. The minimum Gasteiger partial charge on any atom is -0.374 e. The number of morpholine rings is 1. The van der Waals surface area contributed by atoms with Crippen molar-refractivity contribution in [3.05, 3.63) is 11.1 Å². The Balaban J connectivity index is 1.42. The molecule has 2 saturated heterocycles. The number of hydrogen-bond acceptors (Lipinski definition) is 5. The van der Waals surface area contributed by atoms with Crippen molar-refractivity contribution in [3.8, 4) is 0 Å². The molecule has 130 valence electrons. The zero-order chi connectivity index (χ0) is 16.5. The van der Waals surface area contributed by atoms with Gasteiger partial charge in [-0.2, -0.15) is 0 Å². The summed E-state index contributed by atoms with van der Waals surface area (Å²) in [7, 11) is 0. The van der Waals surface area contributed by atoms with E-state index in [0.29, 0.717) is 26.0 Å². The molecule has 1 saturated carbocycles. The van der Waals surface area contributed by atoms with Gasteiger partial charge >= 0.3 is 0 Å². The number of rotatable bonds is 3. The third-order valence-electron chi connectivity index (χ3n) is 5.23. The summed E-state index contributed by atoms with van der Waals surface area (Å²) in [5, 5.41) is 2.65. The van der Waals surface area contributed by atoms with Crippen molar-refractivity contribution in [1.82, 2.24) is 9.88 Å². The minimum absolute atomic E-state index is 0.139. The summed E-state index contributed by atoms with van der Waals surface area (Å²) in [6, 6.07) is 0.235. The highest BCUT2D eigenvalue weighted by molar-refractivity contribution is 7.14. The van der Waals surface area contributed by atoms with Gasteiger partial charge in [-0.1, -0.05) is 12.8 Å². The number of nitrogens with zero attached hydrogens (tertiary/aromatic N) is 3. The topological polar surface area (TPSA) is 62.7 Å². The molecule has 0 N–H and O–H groups in total. The first-order valence-electron chi connectivity index (χ1n) is 8.88. The molecule has 7 heteroatoms. The molecule has 0 spiro atoms. The van der Waals surface area contributed by atoms with Gasteiger partial charge in [0.15, 0.2) is 5.13 Å². The Morgan fingerprint density at radius 3 is 3.00 bits per heavy atom. The maximum atomic E-state index is 12.8. The highest BCUT2D eigenvalue weighted by Gasteiger charge is 2.36. The second kappa shape index (κ2) is 6.80. The molecule has 4 rings (SSSR count). The molecule has 0 aromatic carbocycles. The Kier molecular flexibility index (Phi) is 4.54. The highest BCUT2D eigenvalue weighted by atomic mass is 32.1. The van der Waals surface area contributed by atoms with Gasteiger partial charge in [0.1, 0.15) is 0 Å². The number of hydrogen-bond donors (Lipinski definition) is 0. The van der Waals surface area contributed by atoms with E-state index in [0.717, 1.165) is 36.6 Å². The van der Waals surface area contributed by atoms with Crippen LogP contribution in [0.3, 0.4) is 0 Å². The monoisotopic (exact) mass is 349 g/mol. The van der Waals surface area contributed by atoms with E-state index in [1.54, 1.807) is 4.90 Å². The van der Waals surface area contributed by atoms with Crippen LogP contribution in [-0.4, -0.2) is 53.5 Å². The van der Waals surface area contributed by atoms with Crippen molar-refractivity contribution in [2.24, 2.45) is 0 Å². The zero-order valence-electron chi connectivity index (χ0n) is 13.8. The second-order valence-electron chi connectivity index (χ2n) is 6.80. The van der Waals surface area contributed by atoms with Gasteiger partial charge in [-0.05, 0) is 19.3 Å². The van der Waals surface area contributed by atoms with Gasteiger partial charge in [-0.15, -0.1) is 11.3 Å². The molecule has 1 aromatic rings. The van der Waals surface area contributed by atoms with Gasteiger partial charge in [-0.25, -0.2) is 4.98 Å². The van der Waals surface area contributed by atoms with Crippen LogP contribution in [0.2, 0.25) is 0 Å². The van der Waals surface area contributed by atoms with Crippen LogP contribution in [0.25, 0.3) is 0 Å². The lowest BCUT2D eigenvalue weighted by molar-refractivity contribution is -0.148. The molecule has 0 radical (unpaired) electrons. The predicted molar refractivity (Wildman–Crippen MR) is 91.1 cm³/mol.